The van der Waals surface area contributed by atoms with E-state index < -0.39 is 21.8 Å². The van der Waals surface area contributed by atoms with Gasteiger partial charge in [-0.2, -0.15) is 8.42 Å². The number of aliphatic carboxylic acids is 1. The van der Waals surface area contributed by atoms with E-state index in [1.165, 1.54) is 116 Å². The van der Waals surface area contributed by atoms with Gasteiger partial charge in [-0.25, -0.2) is 0 Å². The topological polar surface area (TPSA) is 118 Å². The first-order chi connectivity index (χ1) is 13.8. The molecule has 0 aliphatic rings. The van der Waals surface area contributed by atoms with Gasteiger partial charge in [-0.3, -0.25) is 9.35 Å². The van der Waals surface area contributed by atoms with Crippen LogP contribution in [0, 0.1) is 0 Å². The van der Waals surface area contributed by atoms with E-state index >= 15 is 0 Å². The van der Waals surface area contributed by atoms with Gasteiger partial charge in [0.15, 0.2) is 5.75 Å². The number of unbranched alkanes of at least 4 members (excludes halogenated alkanes) is 17. The average molecular weight is 438 g/mol. The summed E-state index contributed by atoms with van der Waals surface area (Å²) in [6, 6.07) is 0. The molecule has 6 nitrogen and oxygen atoms in total. The van der Waals surface area contributed by atoms with Gasteiger partial charge < -0.3 is 10.8 Å². The van der Waals surface area contributed by atoms with Crippen molar-refractivity contribution in [2.75, 3.05) is 12.3 Å². The van der Waals surface area contributed by atoms with Crippen LogP contribution in [0.25, 0.3) is 0 Å². The molecule has 0 fully saturated rings. The van der Waals surface area contributed by atoms with Crippen LogP contribution in [0.5, 0.6) is 0 Å². The van der Waals surface area contributed by atoms with Crippen molar-refractivity contribution in [3.05, 3.63) is 0 Å². The molecule has 29 heavy (non-hydrogen) atoms. The maximum absolute atomic E-state index is 9.62. The Morgan fingerprint density at radius 3 is 1.10 bits per heavy atom. The lowest BCUT2D eigenvalue weighted by Gasteiger charge is -2.03. The third kappa shape index (κ3) is 35.2. The lowest BCUT2D eigenvalue weighted by Crippen LogP contribution is -2.13. The van der Waals surface area contributed by atoms with Crippen molar-refractivity contribution < 1.29 is 22.9 Å². The summed E-state index contributed by atoms with van der Waals surface area (Å²) < 4.78 is 27.0. The number of carbonyl (C=O) groups is 1. The number of nitrogens with two attached hydrogens (primary N) is 1. The first kappa shape index (κ1) is 30.5. The van der Waals surface area contributed by atoms with Gasteiger partial charge in [0.1, 0.15) is 0 Å². The highest BCUT2D eigenvalue weighted by molar-refractivity contribution is 7.86. The summed E-state index contributed by atoms with van der Waals surface area (Å²) in [5.41, 5.74) is 5.49. The van der Waals surface area contributed by atoms with Crippen LogP contribution in [0.2, 0.25) is 0 Å². The molecule has 0 aromatic carbocycles. The minimum Gasteiger partial charge on any atom is -0.480 e. The summed E-state index contributed by atoms with van der Waals surface area (Å²) in [6.45, 7) is 3.17. The van der Waals surface area contributed by atoms with Crippen molar-refractivity contribution in [1.29, 1.82) is 0 Å². The van der Waals surface area contributed by atoms with E-state index in [9.17, 15) is 13.2 Å². The van der Waals surface area contributed by atoms with Crippen molar-refractivity contribution in [3.63, 3.8) is 0 Å². The Kier molecular flexibility index (Phi) is 24.9. The Morgan fingerprint density at radius 1 is 0.655 bits per heavy atom. The second-order valence-corrected chi connectivity index (χ2v) is 9.37. The Labute approximate surface area is 179 Å². The van der Waals surface area contributed by atoms with Crippen molar-refractivity contribution in [2.24, 2.45) is 5.73 Å². The van der Waals surface area contributed by atoms with Crippen LogP contribution in [0.3, 0.4) is 0 Å². The van der Waals surface area contributed by atoms with Gasteiger partial charge in [0.05, 0.1) is 0 Å². The van der Waals surface area contributed by atoms with Crippen molar-refractivity contribution >= 4 is 16.1 Å². The van der Waals surface area contributed by atoms with Crippen LogP contribution < -0.4 is 5.73 Å². The molecule has 0 aliphatic carbocycles. The largest absolute Gasteiger partial charge is 0.480 e. The van der Waals surface area contributed by atoms with Crippen molar-refractivity contribution in [2.45, 2.75) is 122 Å². The molecule has 0 heterocycles. The van der Waals surface area contributed by atoms with Crippen molar-refractivity contribution in [3.8, 4) is 0 Å². The van der Waals surface area contributed by atoms with E-state index in [1.54, 1.807) is 0 Å². The molecular formula is C22H47NO5S. The summed E-state index contributed by atoms with van der Waals surface area (Å²) in [5, 5.41) is 7.71. The second kappa shape index (κ2) is 23.6. The Morgan fingerprint density at radius 2 is 0.931 bits per heavy atom. The molecule has 4 N–H and O–H groups in total. The first-order valence-corrected chi connectivity index (χ1v) is 13.3. The van der Waals surface area contributed by atoms with Crippen molar-refractivity contribution in [1.82, 2.24) is 0 Å². The number of hydrogen-bond acceptors (Lipinski definition) is 4. The zero-order valence-corrected chi connectivity index (χ0v) is 19.6. The van der Waals surface area contributed by atoms with Crippen LogP contribution in [0.1, 0.15) is 122 Å². The molecular weight excluding hydrogens is 390 g/mol. The monoisotopic (exact) mass is 437 g/mol. The summed E-state index contributed by atoms with van der Waals surface area (Å²) in [7, 11) is -4.32. The summed E-state index contributed by atoms with van der Waals surface area (Å²) in [4.78, 5) is 9.48. The molecule has 176 valence electrons. The molecule has 0 amide bonds. The maximum Gasteiger partial charge on any atom is 0.321 e. The van der Waals surface area contributed by atoms with Gasteiger partial charge in [0, 0.05) is 0 Å². The molecule has 0 aromatic rings. The number of carboxylic acids is 1. The van der Waals surface area contributed by atoms with Crippen LogP contribution >= 0.6 is 0 Å². The van der Waals surface area contributed by atoms with Gasteiger partial charge in [-0.15, -0.1) is 0 Å². The van der Waals surface area contributed by atoms with Crippen LogP contribution in [-0.2, 0) is 14.9 Å². The van der Waals surface area contributed by atoms with Gasteiger partial charge >= 0.3 is 5.97 Å². The van der Waals surface area contributed by atoms with E-state index in [0.29, 0.717) is 0 Å². The van der Waals surface area contributed by atoms with E-state index in [4.69, 9.17) is 15.4 Å². The molecule has 0 bridgehead atoms. The van der Waals surface area contributed by atoms with E-state index in [1.807, 2.05) is 0 Å². The summed E-state index contributed by atoms with van der Waals surface area (Å²) in [6.07, 6.45) is 25.8. The normalized spacial score (nSPS) is 11.1. The lowest BCUT2D eigenvalue weighted by molar-refractivity contribution is -0.134. The zero-order chi connectivity index (χ0) is 22.2. The third-order valence-electron chi connectivity index (χ3n) is 4.86. The van der Waals surface area contributed by atoms with E-state index in [-0.39, 0.29) is 0 Å². The zero-order valence-electron chi connectivity index (χ0n) is 18.7. The maximum atomic E-state index is 9.62. The fourth-order valence-electron chi connectivity index (χ4n) is 3.20. The molecule has 0 unspecified atom stereocenters. The predicted molar refractivity (Wildman–Crippen MR) is 122 cm³/mol. The number of carboxylic acid groups (broad SMARTS) is 1. The second-order valence-electron chi connectivity index (χ2n) is 7.92. The molecule has 0 saturated heterocycles. The summed E-state index contributed by atoms with van der Waals surface area (Å²) in [5.74, 6) is -2.79. The molecule has 7 heteroatoms. The van der Waals surface area contributed by atoms with Gasteiger partial charge in [-0.1, -0.05) is 116 Å². The van der Waals surface area contributed by atoms with Gasteiger partial charge in [0.25, 0.3) is 10.1 Å². The van der Waals surface area contributed by atoms with Gasteiger partial charge in [-0.05, 0) is 13.0 Å². The first-order valence-electron chi connectivity index (χ1n) is 11.7. The Bertz CT molecular complexity index is 422. The molecule has 0 rings (SSSR count). The minimum atomic E-state index is -4.32. The van der Waals surface area contributed by atoms with Crippen LogP contribution in [0.4, 0.5) is 0 Å². The molecule has 0 saturated carbocycles. The summed E-state index contributed by atoms with van der Waals surface area (Å²) >= 11 is 0. The minimum absolute atomic E-state index is 0.874. The van der Waals surface area contributed by atoms with Gasteiger partial charge in [0.2, 0.25) is 0 Å². The van der Waals surface area contributed by atoms with Crippen LogP contribution in [0.15, 0.2) is 0 Å². The smallest absolute Gasteiger partial charge is 0.321 e. The molecule has 0 radical (unpaired) electrons. The molecule has 0 spiro atoms. The quantitative estimate of drug-likeness (QED) is 0.160. The average Bonchev–Trinajstić information content (AvgIpc) is 2.63. The predicted octanol–water partition coefficient (Wildman–Crippen LogP) is 5.95. The highest BCUT2D eigenvalue weighted by atomic mass is 32.2. The standard InChI is InChI=1S/C20H43N.C2H4O5S/c1-2-3-4-5-6-7-8-9-10-11-12-13-14-15-16-17-18-19-20-21;3-2(4)1-8(5,6)7/h2-21H2,1H3;1H2,(H,3,4)(H,5,6,7). The van der Waals surface area contributed by atoms with E-state index in [0.717, 1.165) is 6.54 Å². The highest BCUT2D eigenvalue weighted by Gasteiger charge is 2.09. The fourth-order valence-corrected chi connectivity index (χ4v) is 3.51. The van der Waals surface area contributed by atoms with E-state index in [2.05, 4.69) is 6.92 Å². The molecule has 0 aliphatic heterocycles. The highest BCUT2D eigenvalue weighted by Crippen LogP contribution is 2.14. The van der Waals surface area contributed by atoms with Crippen LogP contribution in [-0.4, -0.2) is 36.3 Å². The fraction of sp³-hybridized carbons (Fsp3) is 0.955. The Balaban J connectivity index is 0. The molecule has 0 aromatic heterocycles. The Hall–Kier alpha value is -0.660. The SMILES string of the molecule is CCCCCCCCCCCCCCCCCCCCN.O=C(O)CS(=O)(=O)O. The lowest BCUT2D eigenvalue weighted by atomic mass is 10.0. The number of rotatable bonds is 20. The third-order valence-corrected chi connectivity index (χ3v) is 5.48. The molecule has 0 atom stereocenters. The number of hydrogen-bond donors (Lipinski definition) is 3.